The first-order valence-electron chi connectivity index (χ1n) is 9.65. The van der Waals surface area contributed by atoms with E-state index in [4.69, 9.17) is 22.1 Å². The van der Waals surface area contributed by atoms with Gasteiger partial charge in [0.15, 0.2) is 5.75 Å². The van der Waals surface area contributed by atoms with Gasteiger partial charge in [0.1, 0.15) is 16.6 Å². The van der Waals surface area contributed by atoms with Gasteiger partial charge < -0.3 is 15.8 Å². The molecule has 0 atom stereocenters. The molecule has 4 rings (SSSR count). The summed E-state index contributed by atoms with van der Waals surface area (Å²) in [6.07, 6.45) is 3.08. The molecule has 3 aromatic heterocycles. The fourth-order valence-corrected chi connectivity index (χ4v) is 3.23. The maximum absolute atomic E-state index is 12.8. The summed E-state index contributed by atoms with van der Waals surface area (Å²) < 4.78 is 7.33. The zero-order valence-electron chi connectivity index (χ0n) is 17.3. The molecule has 3 heterocycles. The molecule has 0 bridgehead atoms. The monoisotopic (exact) mass is 436 g/mol. The van der Waals surface area contributed by atoms with Gasteiger partial charge >= 0.3 is 0 Å². The first kappa shape index (κ1) is 20.6. The number of nitrogens with two attached hydrogens (primary N) is 1. The molecule has 0 aliphatic rings. The summed E-state index contributed by atoms with van der Waals surface area (Å²) in [6, 6.07) is 10.9. The van der Waals surface area contributed by atoms with Crippen molar-refractivity contribution in [2.75, 3.05) is 11.1 Å². The van der Waals surface area contributed by atoms with Crippen LogP contribution in [0.5, 0.6) is 11.5 Å². The van der Waals surface area contributed by atoms with Gasteiger partial charge in [-0.05, 0) is 38.1 Å². The third-order valence-electron chi connectivity index (χ3n) is 4.63. The van der Waals surface area contributed by atoms with Gasteiger partial charge in [0.05, 0.1) is 16.8 Å². The van der Waals surface area contributed by atoms with Crippen LogP contribution in [-0.2, 0) is 7.05 Å². The lowest BCUT2D eigenvalue weighted by Crippen LogP contribution is -2.25. The Kier molecular flexibility index (Phi) is 5.48. The lowest BCUT2D eigenvalue weighted by molar-refractivity contribution is 0.483. The highest BCUT2D eigenvalue weighted by Crippen LogP contribution is 2.33. The van der Waals surface area contributed by atoms with Gasteiger partial charge in [0.2, 0.25) is 5.95 Å². The van der Waals surface area contributed by atoms with Gasteiger partial charge in [-0.25, -0.2) is 15.0 Å². The normalized spacial score (nSPS) is 11.1. The Morgan fingerprint density at radius 3 is 2.74 bits per heavy atom. The number of aromatic nitrogens is 4. The van der Waals surface area contributed by atoms with Crippen molar-refractivity contribution in [1.29, 1.82) is 0 Å². The quantitative estimate of drug-likeness (QED) is 0.481. The number of ether oxygens (including phenoxy) is 1. The molecule has 0 aliphatic carbocycles. The zero-order valence-corrected chi connectivity index (χ0v) is 18.0. The molecule has 4 aromatic rings. The second kappa shape index (κ2) is 8.23. The third-order valence-corrected chi connectivity index (χ3v) is 5.01. The molecule has 8 nitrogen and oxygen atoms in total. The minimum Gasteiger partial charge on any atom is -0.456 e. The molecule has 0 radical (unpaired) electrons. The fraction of sp³-hybridized carbons (Fsp3) is 0.182. The molecule has 0 spiro atoms. The van der Waals surface area contributed by atoms with Crippen LogP contribution in [0, 0.1) is 0 Å². The highest BCUT2D eigenvalue weighted by molar-refractivity contribution is 6.34. The summed E-state index contributed by atoms with van der Waals surface area (Å²) in [4.78, 5) is 25.7. The summed E-state index contributed by atoms with van der Waals surface area (Å²) in [7, 11) is 1.69. The smallest absolute Gasteiger partial charge is 0.264 e. The van der Waals surface area contributed by atoms with Crippen LogP contribution in [0.4, 0.5) is 11.8 Å². The second-order valence-corrected chi connectivity index (χ2v) is 7.70. The summed E-state index contributed by atoms with van der Waals surface area (Å²) in [5.41, 5.74) is 7.25. The molecule has 158 valence electrons. The Morgan fingerprint density at radius 1 is 1.16 bits per heavy atom. The van der Waals surface area contributed by atoms with Gasteiger partial charge in [0, 0.05) is 36.9 Å². The van der Waals surface area contributed by atoms with Crippen molar-refractivity contribution in [2.24, 2.45) is 7.05 Å². The van der Waals surface area contributed by atoms with Gasteiger partial charge in [-0.1, -0.05) is 17.7 Å². The molecule has 0 aliphatic heterocycles. The minimum absolute atomic E-state index is 0.164. The van der Waals surface area contributed by atoms with E-state index >= 15 is 0 Å². The summed E-state index contributed by atoms with van der Waals surface area (Å²) in [6.45, 7) is 3.97. The maximum atomic E-state index is 12.8. The van der Waals surface area contributed by atoms with Crippen molar-refractivity contribution in [3.05, 3.63) is 64.2 Å². The Morgan fingerprint density at radius 2 is 1.97 bits per heavy atom. The number of fused-ring (bicyclic) bond motifs is 1. The Balaban J connectivity index is 1.67. The van der Waals surface area contributed by atoms with Gasteiger partial charge in [0.25, 0.3) is 5.56 Å². The van der Waals surface area contributed by atoms with Crippen molar-refractivity contribution in [2.45, 2.75) is 19.9 Å². The topological polar surface area (TPSA) is 108 Å². The van der Waals surface area contributed by atoms with Crippen molar-refractivity contribution in [3.63, 3.8) is 0 Å². The van der Waals surface area contributed by atoms with E-state index < -0.39 is 0 Å². The van der Waals surface area contributed by atoms with Crippen LogP contribution in [0.2, 0.25) is 5.02 Å². The van der Waals surface area contributed by atoms with E-state index in [0.717, 1.165) is 10.9 Å². The first-order chi connectivity index (χ1) is 14.8. The standard InChI is InChI=1S/C22H21ClN6O2/c1-12(2)27-22-26-11-15(21(30)29(22)3)17-6-4-13-10-14(5-7-16(13)28-17)31-18-8-9-25-20(24)19(18)23/h4-12H,1-3H3,(H2,24,25)(H,26,27). The van der Waals surface area contributed by atoms with Gasteiger partial charge in [-0.15, -0.1) is 0 Å². The van der Waals surface area contributed by atoms with Crippen LogP contribution in [0.15, 0.2) is 53.6 Å². The molecule has 0 saturated carbocycles. The number of hydrogen-bond acceptors (Lipinski definition) is 7. The van der Waals surface area contributed by atoms with Crippen LogP contribution in [-0.4, -0.2) is 25.6 Å². The highest BCUT2D eigenvalue weighted by atomic mass is 35.5. The van der Waals surface area contributed by atoms with E-state index in [1.165, 1.54) is 10.8 Å². The number of nitrogens with zero attached hydrogens (tertiary/aromatic N) is 4. The number of nitrogen functional groups attached to an aromatic ring is 1. The summed E-state index contributed by atoms with van der Waals surface area (Å²) in [5.74, 6) is 1.72. The average Bonchev–Trinajstić information content (AvgIpc) is 2.74. The third kappa shape index (κ3) is 4.15. The number of benzene rings is 1. The SMILES string of the molecule is CC(C)Nc1ncc(-c2ccc3cc(Oc4ccnc(N)c4Cl)ccc3n2)c(=O)n1C. The van der Waals surface area contributed by atoms with E-state index in [-0.39, 0.29) is 22.4 Å². The lowest BCUT2D eigenvalue weighted by Gasteiger charge is -2.13. The van der Waals surface area contributed by atoms with Crippen LogP contribution in [0.25, 0.3) is 22.2 Å². The fourth-order valence-electron chi connectivity index (χ4n) is 3.08. The predicted molar refractivity (Wildman–Crippen MR) is 123 cm³/mol. The van der Waals surface area contributed by atoms with E-state index in [1.54, 1.807) is 31.4 Å². The number of nitrogens with one attached hydrogen (secondary N) is 1. The van der Waals surface area contributed by atoms with E-state index in [0.29, 0.717) is 28.7 Å². The molecule has 0 unspecified atom stereocenters. The minimum atomic E-state index is -0.171. The van der Waals surface area contributed by atoms with Crippen molar-refractivity contribution >= 4 is 34.3 Å². The Labute approximate surface area is 183 Å². The van der Waals surface area contributed by atoms with Crippen LogP contribution in [0.1, 0.15) is 13.8 Å². The molecule has 0 fully saturated rings. The number of anilines is 2. The maximum Gasteiger partial charge on any atom is 0.264 e. The van der Waals surface area contributed by atoms with Crippen LogP contribution < -0.4 is 21.3 Å². The van der Waals surface area contributed by atoms with E-state index in [9.17, 15) is 4.79 Å². The van der Waals surface area contributed by atoms with Crippen molar-refractivity contribution < 1.29 is 4.74 Å². The van der Waals surface area contributed by atoms with E-state index in [2.05, 4.69) is 20.3 Å². The predicted octanol–water partition coefficient (Wildman–Crippen LogP) is 4.24. The van der Waals surface area contributed by atoms with Crippen LogP contribution >= 0.6 is 11.6 Å². The Bertz CT molecular complexity index is 1340. The number of pyridine rings is 2. The molecule has 31 heavy (non-hydrogen) atoms. The number of halogens is 1. The molecule has 0 saturated heterocycles. The molecule has 1 aromatic carbocycles. The lowest BCUT2D eigenvalue weighted by atomic mass is 10.1. The largest absolute Gasteiger partial charge is 0.456 e. The molecule has 9 heteroatoms. The molecule has 3 N–H and O–H groups in total. The van der Waals surface area contributed by atoms with Crippen molar-refractivity contribution in [3.8, 4) is 22.8 Å². The number of rotatable bonds is 5. The summed E-state index contributed by atoms with van der Waals surface area (Å²) >= 11 is 6.15. The van der Waals surface area contributed by atoms with Crippen LogP contribution in [0.3, 0.4) is 0 Å². The first-order valence-corrected chi connectivity index (χ1v) is 10.0. The average molecular weight is 437 g/mol. The van der Waals surface area contributed by atoms with E-state index in [1.807, 2.05) is 32.0 Å². The molecular weight excluding hydrogens is 416 g/mol. The van der Waals surface area contributed by atoms with Crippen molar-refractivity contribution in [1.82, 2.24) is 19.5 Å². The Hall–Kier alpha value is -3.65. The highest BCUT2D eigenvalue weighted by Gasteiger charge is 2.13. The number of hydrogen-bond donors (Lipinski definition) is 2. The summed E-state index contributed by atoms with van der Waals surface area (Å²) in [5, 5.41) is 4.26. The molecule has 0 amide bonds. The van der Waals surface area contributed by atoms with Gasteiger partial charge in [-0.3, -0.25) is 9.36 Å². The zero-order chi connectivity index (χ0) is 22.1. The van der Waals surface area contributed by atoms with Gasteiger partial charge in [-0.2, -0.15) is 0 Å². The molecular formula is C22H21ClN6O2. The second-order valence-electron chi connectivity index (χ2n) is 7.32.